The average Bonchev–Trinajstić information content (AvgIpc) is 2.89. The molecule has 0 bridgehead atoms. The molecule has 3 rings (SSSR count). The number of halogens is 1. The maximum atomic E-state index is 12.1. The molecule has 0 saturated carbocycles. The minimum absolute atomic E-state index is 0.0101. The maximum absolute atomic E-state index is 12.1. The van der Waals surface area contributed by atoms with Crippen LogP contribution in [0.1, 0.15) is 18.1 Å². The van der Waals surface area contributed by atoms with Crippen LogP contribution < -0.4 is 4.74 Å². The van der Waals surface area contributed by atoms with Gasteiger partial charge in [-0.05, 0) is 56.7 Å². The molecule has 0 aliphatic carbocycles. The number of aromatic nitrogens is 1. The fraction of sp³-hybridized carbons (Fsp3) is 0.250. The Morgan fingerprint density at radius 1 is 1.22 bits per heavy atom. The van der Waals surface area contributed by atoms with Crippen molar-refractivity contribution >= 4 is 34.1 Å². The first-order chi connectivity index (χ1) is 12.9. The normalized spacial score (nSPS) is 11.4. The molecule has 1 heterocycles. The van der Waals surface area contributed by atoms with Crippen molar-refractivity contribution < 1.29 is 14.6 Å². The molecule has 0 saturated heterocycles. The molecule has 140 valence electrons. The number of benzene rings is 2. The Kier molecular flexibility index (Phi) is 5.46. The second-order valence-electron chi connectivity index (χ2n) is 6.23. The van der Waals surface area contributed by atoms with E-state index in [1.54, 1.807) is 22.8 Å². The lowest BCUT2D eigenvalue weighted by Gasteiger charge is -2.06. The van der Waals surface area contributed by atoms with Gasteiger partial charge in [-0.15, -0.1) is 10.2 Å². The number of aromatic hydroxyl groups is 1. The van der Waals surface area contributed by atoms with E-state index in [2.05, 4.69) is 10.2 Å². The summed E-state index contributed by atoms with van der Waals surface area (Å²) >= 11 is 5.90. The third kappa shape index (κ3) is 3.95. The van der Waals surface area contributed by atoms with Gasteiger partial charge in [0.05, 0.1) is 5.52 Å². The minimum atomic E-state index is -0.547. The summed E-state index contributed by atoms with van der Waals surface area (Å²) < 4.78 is 7.20. The summed E-state index contributed by atoms with van der Waals surface area (Å²) in [6, 6.07) is 10.9. The van der Waals surface area contributed by atoms with Crippen LogP contribution in [0.3, 0.4) is 0 Å². The molecule has 1 N–H and O–H groups in total. The van der Waals surface area contributed by atoms with Crippen LogP contribution in [0.25, 0.3) is 10.9 Å². The molecule has 3 aromatic rings. The number of hydrogen-bond acceptors (Lipinski definition) is 4. The first kappa shape index (κ1) is 18.9. The lowest BCUT2D eigenvalue weighted by Crippen LogP contribution is -2.08. The van der Waals surface area contributed by atoms with E-state index in [1.165, 1.54) is 0 Å². The van der Waals surface area contributed by atoms with Crippen LogP contribution in [-0.4, -0.2) is 22.2 Å². The van der Waals surface area contributed by atoms with E-state index in [9.17, 15) is 9.90 Å². The van der Waals surface area contributed by atoms with Crippen molar-refractivity contribution in [2.75, 3.05) is 6.61 Å². The van der Waals surface area contributed by atoms with Crippen LogP contribution in [0.5, 0.6) is 11.6 Å². The first-order valence-electron chi connectivity index (χ1n) is 8.56. The summed E-state index contributed by atoms with van der Waals surface area (Å²) in [6.45, 7) is 6.04. The maximum Gasteiger partial charge on any atom is 0.302 e. The van der Waals surface area contributed by atoms with Crippen LogP contribution in [0.4, 0.5) is 5.69 Å². The summed E-state index contributed by atoms with van der Waals surface area (Å²) in [5.41, 5.74) is 2.98. The molecule has 0 unspecified atom stereocenters. The van der Waals surface area contributed by atoms with Gasteiger partial charge in [-0.25, -0.2) is 0 Å². The Morgan fingerprint density at radius 3 is 2.70 bits per heavy atom. The number of amides is 1. The number of fused-ring (bicyclic) bond motifs is 1. The molecule has 0 atom stereocenters. The quantitative estimate of drug-likeness (QED) is 0.603. The molecule has 0 fully saturated rings. The van der Waals surface area contributed by atoms with E-state index in [0.717, 1.165) is 22.0 Å². The molecular formula is C20H20ClN3O3. The molecule has 0 spiro atoms. The van der Waals surface area contributed by atoms with E-state index >= 15 is 0 Å². The van der Waals surface area contributed by atoms with E-state index in [1.807, 2.05) is 39.0 Å². The van der Waals surface area contributed by atoms with Gasteiger partial charge in [0, 0.05) is 17.0 Å². The monoisotopic (exact) mass is 385 g/mol. The lowest BCUT2D eigenvalue weighted by atomic mass is 10.1. The second kappa shape index (κ2) is 7.80. The Balaban J connectivity index is 1.80. The van der Waals surface area contributed by atoms with Gasteiger partial charge in [0.1, 0.15) is 5.75 Å². The molecule has 7 heteroatoms. The van der Waals surface area contributed by atoms with Crippen molar-refractivity contribution in [1.82, 2.24) is 4.57 Å². The Hall–Kier alpha value is -2.86. The van der Waals surface area contributed by atoms with Gasteiger partial charge in [-0.3, -0.25) is 4.79 Å². The van der Waals surface area contributed by atoms with Gasteiger partial charge in [-0.1, -0.05) is 23.2 Å². The molecule has 0 aliphatic rings. The largest absolute Gasteiger partial charge is 0.493 e. The predicted molar refractivity (Wildman–Crippen MR) is 105 cm³/mol. The zero-order valence-electron chi connectivity index (χ0n) is 15.4. The molecular weight excluding hydrogens is 366 g/mol. The molecule has 0 radical (unpaired) electrons. The van der Waals surface area contributed by atoms with Crippen LogP contribution in [0.15, 0.2) is 46.6 Å². The van der Waals surface area contributed by atoms with Gasteiger partial charge in [-0.2, -0.15) is 0 Å². The lowest BCUT2D eigenvalue weighted by molar-refractivity contribution is -0.120. The third-order valence-electron chi connectivity index (χ3n) is 4.23. The molecule has 1 aromatic heterocycles. The smallest absolute Gasteiger partial charge is 0.302 e. The highest BCUT2D eigenvalue weighted by Gasteiger charge is 2.16. The summed E-state index contributed by atoms with van der Waals surface area (Å²) in [5, 5.41) is 19.5. The summed E-state index contributed by atoms with van der Waals surface area (Å²) in [4.78, 5) is 12.1. The van der Waals surface area contributed by atoms with E-state index in [-0.39, 0.29) is 18.2 Å². The first-order valence-corrected chi connectivity index (χ1v) is 8.93. The van der Waals surface area contributed by atoms with Crippen LogP contribution in [-0.2, 0) is 11.3 Å². The Labute approximate surface area is 162 Å². The Bertz CT molecular complexity index is 1040. The SMILES string of the molecule is CCn1c(O)c(N=NC(=O)COc2ccc(Cl)cc2C)c2cc(C)ccc21. The van der Waals surface area contributed by atoms with Crippen molar-refractivity contribution in [3.05, 3.63) is 52.5 Å². The molecule has 1 amide bonds. The number of rotatable bonds is 5. The number of carbonyl (C=O) groups excluding carboxylic acids is 1. The average molecular weight is 386 g/mol. The molecule has 0 aliphatic heterocycles. The number of azo groups is 1. The van der Waals surface area contributed by atoms with Crippen molar-refractivity contribution in [3.63, 3.8) is 0 Å². The van der Waals surface area contributed by atoms with Crippen LogP contribution >= 0.6 is 11.6 Å². The third-order valence-corrected chi connectivity index (χ3v) is 4.47. The highest BCUT2D eigenvalue weighted by molar-refractivity contribution is 6.30. The van der Waals surface area contributed by atoms with Gasteiger partial charge in [0.15, 0.2) is 12.3 Å². The number of aryl methyl sites for hydroxylation is 3. The Morgan fingerprint density at radius 2 is 2.00 bits per heavy atom. The highest BCUT2D eigenvalue weighted by Crippen LogP contribution is 2.39. The van der Waals surface area contributed by atoms with Crippen LogP contribution in [0.2, 0.25) is 5.02 Å². The molecule has 27 heavy (non-hydrogen) atoms. The van der Waals surface area contributed by atoms with Gasteiger partial charge >= 0.3 is 5.91 Å². The second-order valence-corrected chi connectivity index (χ2v) is 6.67. The van der Waals surface area contributed by atoms with Crippen molar-refractivity contribution in [1.29, 1.82) is 0 Å². The van der Waals surface area contributed by atoms with Gasteiger partial charge < -0.3 is 14.4 Å². The fourth-order valence-corrected chi connectivity index (χ4v) is 3.13. The molecule has 6 nitrogen and oxygen atoms in total. The predicted octanol–water partition coefficient (Wildman–Crippen LogP) is 5.33. The van der Waals surface area contributed by atoms with Gasteiger partial charge in [0.2, 0.25) is 5.88 Å². The molecule has 2 aromatic carbocycles. The topological polar surface area (TPSA) is 76.2 Å². The van der Waals surface area contributed by atoms with Crippen molar-refractivity contribution in [3.8, 4) is 11.6 Å². The van der Waals surface area contributed by atoms with Gasteiger partial charge in [0.25, 0.3) is 0 Å². The fourth-order valence-electron chi connectivity index (χ4n) is 2.90. The van der Waals surface area contributed by atoms with E-state index in [4.69, 9.17) is 16.3 Å². The summed E-state index contributed by atoms with van der Waals surface area (Å²) in [5.74, 6) is 0.00178. The summed E-state index contributed by atoms with van der Waals surface area (Å²) in [6.07, 6.45) is 0. The van der Waals surface area contributed by atoms with Crippen LogP contribution in [0, 0.1) is 13.8 Å². The zero-order chi connectivity index (χ0) is 19.6. The summed E-state index contributed by atoms with van der Waals surface area (Å²) in [7, 11) is 0. The van der Waals surface area contributed by atoms with E-state index < -0.39 is 5.91 Å². The zero-order valence-corrected chi connectivity index (χ0v) is 16.1. The minimum Gasteiger partial charge on any atom is -0.493 e. The number of nitrogens with zero attached hydrogens (tertiary/aromatic N) is 3. The number of hydrogen-bond donors (Lipinski definition) is 1. The number of carbonyl (C=O) groups is 1. The van der Waals surface area contributed by atoms with Crippen molar-refractivity contribution in [2.24, 2.45) is 10.2 Å². The van der Waals surface area contributed by atoms with E-state index in [0.29, 0.717) is 17.3 Å². The van der Waals surface area contributed by atoms with Crippen molar-refractivity contribution in [2.45, 2.75) is 27.3 Å². The number of ether oxygens (including phenoxy) is 1. The standard InChI is InChI=1S/C20H20ClN3O3/c1-4-24-16-7-5-12(2)9-15(16)19(20(24)26)23-22-18(25)11-27-17-8-6-14(21)10-13(17)3/h5-10,26H,4,11H2,1-3H3. The highest BCUT2D eigenvalue weighted by atomic mass is 35.5.